The zero-order valence-corrected chi connectivity index (χ0v) is 11.6. The van der Waals surface area contributed by atoms with Crippen LogP contribution in [0.2, 0.25) is 0 Å². The minimum atomic E-state index is -0.343. The Hall–Kier alpha value is -3.01. The molecular weight excluding hydrogens is 271 g/mol. The zero-order valence-electron chi connectivity index (χ0n) is 11.6. The van der Waals surface area contributed by atoms with Gasteiger partial charge in [0.15, 0.2) is 5.82 Å². The van der Waals surface area contributed by atoms with Gasteiger partial charge in [-0.1, -0.05) is 12.1 Å². The Bertz CT molecular complexity index is 715. The lowest BCUT2D eigenvalue weighted by atomic mass is 10.1. The molecule has 1 aromatic heterocycles. The normalized spacial score (nSPS) is 11.0. The second-order valence-corrected chi connectivity index (χ2v) is 4.43. The highest BCUT2D eigenvalue weighted by molar-refractivity contribution is 5.87. The number of nitriles is 1. The number of hydrogen-bond acceptors (Lipinski definition) is 6. The molecule has 0 atom stereocenters. The topological polar surface area (TPSA) is 91.7 Å². The van der Waals surface area contributed by atoms with Crippen LogP contribution in [0.3, 0.4) is 0 Å². The van der Waals surface area contributed by atoms with Crippen LogP contribution in [0.1, 0.15) is 11.4 Å². The summed E-state index contributed by atoms with van der Waals surface area (Å²) in [5, 5.41) is 9.27. The van der Waals surface area contributed by atoms with Crippen LogP contribution in [0.4, 0.5) is 16.3 Å². The van der Waals surface area contributed by atoms with Gasteiger partial charge in [0.2, 0.25) is 11.9 Å². The standard InChI is InChI=1S/C14H13FN6/c1-21(2)14-19-12(18-13(17)20-14)10(8-16)7-9-3-5-11(15)6-4-9/h3-7H,1-2H3,(H2,17,18,19,20). The van der Waals surface area contributed by atoms with Gasteiger partial charge < -0.3 is 10.6 Å². The van der Waals surface area contributed by atoms with Crippen LogP contribution in [-0.2, 0) is 0 Å². The maximum Gasteiger partial charge on any atom is 0.230 e. The molecule has 0 amide bonds. The number of nitrogens with two attached hydrogens (primary N) is 1. The van der Waals surface area contributed by atoms with Crippen LogP contribution in [0.15, 0.2) is 24.3 Å². The van der Waals surface area contributed by atoms with Crippen molar-refractivity contribution in [2.24, 2.45) is 0 Å². The number of rotatable bonds is 3. The molecular formula is C14H13FN6. The molecule has 0 unspecified atom stereocenters. The number of nitrogen functional groups attached to an aromatic ring is 1. The molecule has 7 heteroatoms. The van der Waals surface area contributed by atoms with Gasteiger partial charge in [-0.25, -0.2) is 4.39 Å². The van der Waals surface area contributed by atoms with E-state index in [4.69, 9.17) is 5.73 Å². The number of hydrogen-bond donors (Lipinski definition) is 1. The van der Waals surface area contributed by atoms with Crippen molar-refractivity contribution in [3.63, 3.8) is 0 Å². The Morgan fingerprint density at radius 2 is 1.90 bits per heavy atom. The van der Waals surface area contributed by atoms with Gasteiger partial charge >= 0.3 is 0 Å². The third kappa shape index (κ3) is 3.51. The summed E-state index contributed by atoms with van der Waals surface area (Å²) in [7, 11) is 3.52. The van der Waals surface area contributed by atoms with Crippen LogP contribution in [0, 0.1) is 17.1 Å². The number of aromatic nitrogens is 3. The molecule has 1 aromatic carbocycles. The van der Waals surface area contributed by atoms with Crippen LogP contribution in [-0.4, -0.2) is 29.0 Å². The van der Waals surface area contributed by atoms with Crippen LogP contribution >= 0.6 is 0 Å². The van der Waals surface area contributed by atoms with Crippen molar-refractivity contribution in [1.82, 2.24) is 15.0 Å². The van der Waals surface area contributed by atoms with Gasteiger partial charge in [-0.05, 0) is 23.8 Å². The molecule has 21 heavy (non-hydrogen) atoms. The molecule has 0 spiro atoms. The summed E-state index contributed by atoms with van der Waals surface area (Å²) < 4.78 is 12.9. The molecule has 0 radical (unpaired) electrons. The van der Waals surface area contributed by atoms with Crippen molar-refractivity contribution in [3.05, 3.63) is 41.5 Å². The number of allylic oxidation sites excluding steroid dienone is 1. The van der Waals surface area contributed by atoms with Crippen molar-refractivity contribution in [3.8, 4) is 6.07 Å². The molecule has 2 rings (SSSR count). The predicted molar refractivity (Wildman–Crippen MR) is 78.5 cm³/mol. The van der Waals surface area contributed by atoms with E-state index < -0.39 is 0 Å². The summed E-state index contributed by atoms with van der Waals surface area (Å²) >= 11 is 0. The molecule has 0 aliphatic rings. The minimum Gasteiger partial charge on any atom is -0.368 e. The van der Waals surface area contributed by atoms with Crippen molar-refractivity contribution >= 4 is 23.5 Å². The SMILES string of the molecule is CN(C)c1nc(N)nc(C(C#N)=Cc2ccc(F)cc2)n1. The molecule has 2 aromatic rings. The lowest BCUT2D eigenvalue weighted by molar-refractivity contribution is 0.628. The van der Waals surface area contributed by atoms with Gasteiger partial charge in [-0.2, -0.15) is 20.2 Å². The summed E-state index contributed by atoms with van der Waals surface area (Å²) in [6.07, 6.45) is 1.56. The van der Waals surface area contributed by atoms with E-state index in [0.717, 1.165) is 0 Å². The van der Waals surface area contributed by atoms with Crippen LogP contribution in [0.25, 0.3) is 11.6 Å². The predicted octanol–water partition coefficient (Wildman–Crippen LogP) is 1.72. The minimum absolute atomic E-state index is 0.0314. The van der Waals surface area contributed by atoms with E-state index >= 15 is 0 Å². The highest BCUT2D eigenvalue weighted by atomic mass is 19.1. The maximum absolute atomic E-state index is 12.9. The fraction of sp³-hybridized carbons (Fsp3) is 0.143. The first kappa shape index (κ1) is 14.4. The van der Waals surface area contributed by atoms with Gasteiger partial charge in [-0.15, -0.1) is 0 Å². The third-order valence-corrected chi connectivity index (χ3v) is 2.58. The Balaban J connectivity index is 2.46. The average Bonchev–Trinajstić information content (AvgIpc) is 2.46. The zero-order chi connectivity index (χ0) is 15.4. The van der Waals surface area contributed by atoms with E-state index in [0.29, 0.717) is 11.5 Å². The fourth-order valence-corrected chi connectivity index (χ4v) is 1.57. The molecule has 0 aliphatic carbocycles. The summed E-state index contributed by atoms with van der Waals surface area (Å²) in [4.78, 5) is 13.8. The second-order valence-electron chi connectivity index (χ2n) is 4.43. The smallest absolute Gasteiger partial charge is 0.230 e. The third-order valence-electron chi connectivity index (χ3n) is 2.58. The van der Waals surface area contributed by atoms with Crippen LogP contribution in [0.5, 0.6) is 0 Å². The molecule has 0 saturated heterocycles. The lowest BCUT2D eigenvalue weighted by Gasteiger charge is -2.10. The van der Waals surface area contributed by atoms with Crippen molar-refractivity contribution in [2.45, 2.75) is 0 Å². The average molecular weight is 284 g/mol. The van der Waals surface area contributed by atoms with Gasteiger partial charge in [-0.3, -0.25) is 0 Å². The number of anilines is 2. The summed E-state index contributed by atoms with van der Waals surface area (Å²) in [6, 6.07) is 7.76. The van der Waals surface area contributed by atoms with Gasteiger partial charge in [0.25, 0.3) is 0 Å². The molecule has 0 saturated carbocycles. The van der Waals surface area contributed by atoms with E-state index in [2.05, 4.69) is 15.0 Å². The molecule has 0 aliphatic heterocycles. The van der Waals surface area contributed by atoms with Gasteiger partial charge in [0.05, 0.1) is 5.57 Å². The van der Waals surface area contributed by atoms with Crippen molar-refractivity contribution in [1.29, 1.82) is 5.26 Å². The number of halogens is 1. The molecule has 1 heterocycles. The first-order valence-electron chi connectivity index (χ1n) is 6.06. The first-order valence-corrected chi connectivity index (χ1v) is 6.06. The fourth-order valence-electron chi connectivity index (χ4n) is 1.57. The molecule has 0 fully saturated rings. The Morgan fingerprint density at radius 1 is 1.24 bits per heavy atom. The lowest BCUT2D eigenvalue weighted by Crippen LogP contribution is -2.15. The van der Waals surface area contributed by atoms with Crippen molar-refractivity contribution < 1.29 is 4.39 Å². The highest BCUT2D eigenvalue weighted by Gasteiger charge is 2.10. The van der Waals surface area contributed by atoms with Gasteiger partial charge in [0, 0.05) is 14.1 Å². The molecule has 2 N–H and O–H groups in total. The summed E-state index contributed by atoms with van der Waals surface area (Å²) in [6.45, 7) is 0. The molecule has 106 valence electrons. The Labute approximate surface area is 121 Å². The molecule has 0 bridgehead atoms. The van der Waals surface area contributed by atoms with Crippen molar-refractivity contribution in [2.75, 3.05) is 24.7 Å². The van der Waals surface area contributed by atoms with E-state index in [1.807, 2.05) is 6.07 Å². The monoisotopic (exact) mass is 284 g/mol. The largest absolute Gasteiger partial charge is 0.368 e. The highest BCUT2D eigenvalue weighted by Crippen LogP contribution is 2.17. The Kier molecular flexibility index (Phi) is 4.09. The summed E-state index contributed by atoms with van der Waals surface area (Å²) in [5.74, 6) is 0.227. The Morgan fingerprint density at radius 3 is 2.48 bits per heavy atom. The van der Waals surface area contributed by atoms with E-state index in [1.54, 1.807) is 37.2 Å². The molecule has 6 nitrogen and oxygen atoms in total. The second kappa shape index (κ2) is 5.96. The van der Waals surface area contributed by atoms with E-state index in [1.165, 1.54) is 12.1 Å². The number of benzene rings is 1. The van der Waals surface area contributed by atoms with Crippen LogP contribution < -0.4 is 10.6 Å². The van der Waals surface area contributed by atoms with E-state index in [9.17, 15) is 9.65 Å². The summed E-state index contributed by atoms with van der Waals surface area (Å²) in [5.41, 5.74) is 6.51. The quantitative estimate of drug-likeness (QED) is 0.863. The maximum atomic E-state index is 12.9. The van der Waals surface area contributed by atoms with Gasteiger partial charge in [0.1, 0.15) is 11.9 Å². The first-order chi connectivity index (χ1) is 9.99. The van der Waals surface area contributed by atoms with E-state index in [-0.39, 0.29) is 23.2 Å². The number of nitrogens with zero attached hydrogens (tertiary/aromatic N) is 5.